The Morgan fingerprint density at radius 1 is 1.19 bits per heavy atom. The van der Waals surface area contributed by atoms with E-state index < -0.39 is 21.6 Å². The molecule has 1 amide bonds. The van der Waals surface area contributed by atoms with Crippen molar-refractivity contribution < 1.29 is 22.7 Å². The number of esters is 1. The van der Waals surface area contributed by atoms with Crippen LogP contribution < -0.4 is 11.1 Å². The van der Waals surface area contributed by atoms with Gasteiger partial charge in [0.25, 0.3) is 0 Å². The van der Waals surface area contributed by atoms with Crippen LogP contribution in [0.25, 0.3) is 0 Å². The zero-order valence-electron chi connectivity index (χ0n) is 15.3. The Balaban J connectivity index is 0.00000364. The van der Waals surface area contributed by atoms with E-state index in [0.29, 0.717) is 18.7 Å². The summed E-state index contributed by atoms with van der Waals surface area (Å²) in [7, 11) is -2.41. The lowest BCUT2D eigenvalue weighted by Crippen LogP contribution is -2.34. The second kappa shape index (κ2) is 10.6. The highest BCUT2D eigenvalue weighted by atomic mass is 35.5. The fraction of sp³-hybridized carbons (Fsp3) is 0.556. The van der Waals surface area contributed by atoms with E-state index in [4.69, 9.17) is 5.73 Å². The minimum Gasteiger partial charge on any atom is -0.468 e. The highest BCUT2D eigenvalue weighted by Gasteiger charge is 2.31. The molecular formula is C18H27ClN2O5S. The van der Waals surface area contributed by atoms with Gasteiger partial charge in [0, 0.05) is 12.5 Å². The van der Waals surface area contributed by atoms with Crippen LogP contribution in [0.15, 0.2) is 24.3 Å². The number of sulfone groups is 1. The monoisotopic (exact) mass is 418 g/mol. The Kier molecular flexibility index (Phi) is 9.21. The molecule has 0 unspecified atom stereocenters. The van der Waals surface area contributed by atoms with Crippen LogP contribution in [-0.4, -0.2) is 39.7 Å². The minimum absolute atomic E-state index is 0. The number of rotatable bonds is 8. The van der Waals surface area contributed by atoms with Crippen LogP contribution in [-0.2, 0) is 36.5 Å². The van der Waals surface area contributed by atoms with Gasteiger partial charge in [-0.3, -0.25) is 9.59 Å². The summed E-state index contributed by atoms with van der Waals surface area (Å²) >= 11 is 0. The molecule has 3 N–H and O–H groups in total. The molecule has 2 rings (SSSR count). The topological polar surface area (TPSA) is 116 Å². The first kappa shape index (κ1) is 23.4. The van der Waals surface area contributed by atoms with Crippen molar-refractivity contribution in [1.29, 1.82) is 0 Å². The molecule has 1 saturated carbocycles. The van der Waals surface area contributed by atoms with Crippen molar-refractivity contribution in [3.05, 3.63) is 35.4 Å². The summed E-state index contributed by atoms with van der Waals surface area (Å²) in [6, 6.07) is 6.93. The predicted molar refractivity (Wildman–Crippen MR) is 105 cm³/mol. The van der Waals surface area contributed by atoms with Crippen molar-refractivity contribution in [2.45, 2.75) is 31.6 Å². The maximum Gasteiger partial charge on any atom is 0.320 e. The van der Waals surface area contributed by atoms with Gasteiger partial charge in [-0.25, -0.2) is 8.42 Å². The number of nitrogens with one attached hydrogen (secondary N) is 1. The Morgan fingerprint density at radius 2 is 1.81 bits per heavy atom. The summed E-state index contributed by atoms with van der Waals surface area (Å²) in [5, 5.41) is 2.93. The van der Waals surface area contributed by atoms with Gasteiger partial charge < -0.3 is 15.8 Å². The largest absolute Gasteiger partial charge is 0.468 e. The summed E-state index contributed by atoms with van der Waals surface area (Å²) < 4.78 is 28.2. The number of benzene rings is 1. The van der Waals surface area contributed by atoms with Crippen LogP contribution in [0, 0.1) is 11.8 Å². The molecule has 27 heavy (non-hydrogen) atoms. The fourth-order valence-electron chi connectivity index (χ4n) is 3.28. The third-order valence-corrected chi connectivity index (χ3v) is 6.19. The quantitative estimate of drug-likeness (QED) is 0.612. The van der Waals surface area contributed by atoms with Gasteiger partial charge in [0.1, 0.15) is 5.75 Å². The highest BCUT2D eigenvalue weighted by molar-refractivity contribution is 7.91. The van der Waals surface area contributed by atoms with Crippen LogP contribution >= 0.6 is 12.4 Å². The molecule has 2 atom stereocenters. The predicted octanol–water partition coefficient (Wildman–Crippen LogP) is 1.19. The summed E-state index contributed by atoms with van der Waals surface area (Å²) in [5.74, 6) is -1.35. The number of methoxy groups -OCH3 is 1. The number of nitrogens with two attached hydrogens (primary N) is 1. The molecule has 1 aliphatic carbocycles. The number of ether oxygens (including phenoxy) is 1. The van der Waals surface area contributed by atoms with Gasteiger partial charge in [-0.1, -0.05) is 30.7 Å². The number of amides is 1. The molecule has 7 nitrogen and oxygen atoms in total. The number of hydrogen-bond donors (Lipinski definition) is 2. The standard InChI is InChI=1S/C18H26N2O5S.ClH/c1-25-17(21)12-26(23,24)11-14-7-5-13(6-8-14)10-20-18(22)16-4-2-3-15(16)9-19;/h5-8,15-16H,2-4,9-12,19H2,1H3,(H,20,22);1H/t15-,16-;/m1./s1. The van der Waals surface area contributed by atoms with Crippen molar-refractivity contribution in [2.24, 2.45) is 17.6 Å². The first-order valence-electron chi connectivity index (χ1n) is 8.67. The second-order valence-electron chi connectivity index (χ2n) is 6.68. The smallest absolute Gasteiger partial charge is 0.320 e. The van der Waals surface area contributed by atoms with Gasteiger partial charge in [0.15, 0.2) is 9.84 Å². The minimum atomic E-state index is -3.56. The summed E-state index contributed by atoms with van der Waals surface area (Å²) in [4.78, 5) is 23.4. The molecule has 0 saturated heterocycles. The van der Waals surface area contributed by atoms with Gasteiger partial charge in [-0.05, 0) is 36.4 Å². The average molecular weight is 419 g/mol. The van der Waals surface area contributed by atoms with Crippen molar-refractivity contribution in [2.75, 3.05) is 19.4 Å². The van der Waals surface area contributed by atoms with Crippen molar-refractivity contribution >= 4 is 34.1 Å². The van der Waals surface area contributed by atoms with Crippen LogP contribution in [0.5, 0.6) is 0 Å². The van der Waals surface area contributed by atoms with Crippen molar-refractivity contribution in [3.63, 3.8) is 0 Å². The third kappa shape index (κ3) is 7.12. The molecule has 0 spiro atoms. The van der Waals surface area contributed by atoms with Gasteiger partial charge >= 0.3 is 5.97 Å². The van der Waals surface area contributed by atoms with Crippen LogP contribution in [0.4, 0.5) is 0 Å². The molecule has 1 aromatic carbocycles. The molecule has 0 heterocycles. The normalized spacial score (nSPS) is 19.2. The molecule has 1 fully saturated rings. The van der Waals surface area contributed by atoms with Crippen molar-refractivity contribution in [3.8, 4) is 0 Å². The van der Waals surface area contributed by atoms with Crippen LogP contribution in [0.2, 0.25) is 0 Å². The van der Waals surface area contributed by atoms with Gasteiger partial charge in [0.05, 0.1) is 12.9 Å². The maximum absolute atomic E-state index is 12.3. The molecule has 0 radical (unpaired) electrons. The molecular weight excluding hydrogens is 392 g/mol. The molecule has 0 aliphatic heterocycles. The zero-order chi connectivity index (χ0) is 19.2. The molecule has 9 heteroatoms. The van der Waals surface area contributed by atoms with E-state index in [1.54, 1.807) is 24.3 Å². The molecule has 0 bridgehead atoms. The fourth-order valence-corrected chi connectivity index (χ4v) is 4.56. The van der Waals surface area contributed by atoms with E-state index in [0.717, 1.165) is 31.9 Å². The first-order valence-corrected chi connectivity index (χ1v) is 10.5. The SMILES string of the molecule is COC(=O)CS(=O)(=O)Cc1ccc(CNC(=O)[C@@H]2CCC[C@@H]2CN)cc1.Cl. The van der Waals surface area contributed by atoms with Crippen LogP contribution in [0.3, 0.4) is 0 Å². The van der Waals surface area contributed by atoms with E-state index in [1.807, 2.05) is 0 Å². The maximum atomic E-state index is 12.3. The number of carbonyl (C=O) groups is 2. The molecule has 152 valence electrons. The first-order chi connectivity index (χ1) is 12.3. The lowest BCUT2D eigenvalue weighted by atomic mass is 9.95. The molecule has 1 aromatic rings. The average Bonchev–Trinajstić information content (AvgIpc) is 3.08. The van der Waals surface area contributed by atoms with Crippen LogP contribution in [0.1, 0.15) is 30.4 Å². The van der Waals surface area contributed by atoms with E-state index in [1.165, 1.54) is 0 Å². The van der Waals surface area contributed by atoms with Gasteiger partial charge in [0.2, 0.25) is 5.91 Å². The van der Waals surface area contributed by atoms with E-state index in [-0.39, 0.29) is 35.9 Å². The second-order valence-corrected chi connectivity index (χ2v) is 8.74. The summed E-state index contributed by atoms with van der Waals surface area (Å²) in [6.45, 7) is 0.925. The third-order valence-electron chi connectivity index (χ3n) is 4.74. The highest BCUT2D eigenvalue weighted by Crippen LogP contribution is 2.30. The lowest BCUT2D eigenvalue weighted by molar-refractivity contribution is -0.137. The van der Waals surface area contributed by atoms with Gasteiger partial charge in [-0.15, -0.1) is 12.4 Å². The lowest BCUT2D eigenvalue weighted by Gasteiger charge is -2.17. The van der Waals surface area contributed by atoms with E-state index in [2.05, 4.69) is 10.1 Å². The number of halogens is 1. The molecule has 0 aromatic heterocycles. The Labute approximate surface area is 166 Å². The zero-order valence-corrected chi connectivity index (χ0v) is 17.0. The summed E-state index contributed by atoms with van der Waals surface area (Å²) in [6.07, 6.45) is 2.92. The number of carbonyl (C=O) groups excluding carboxylic acids is 2. The Morgan fingerprint density at radius 3 is 2.41 bits per heavy atom. The summed E-state index contributed by atoms with van der Waals surface area (Å²) in [5.41, 5.74) is 7.19. The Bertz CT molecular complexity index is 737. The number of hydrogen-bond acceptors (Lipinski definition) is 6. The van der Waals surface area contributed by atoms with Crippen molar-refractivity contribution in [1.82, 2.24) is 5.32 Å². The van der Waals surface area contributed by atoms with Gasteiger partial charge in [-0.2, -0.15) is 0 Å². The Hall–Kier alpha value is -1.64. The molecule has 1 aliphatic rings. The van der Waals surface area contributed by atoms with E-state index in [9.17, 15) is 18.0 Å². The van der Waals surface area contributed by atoms with E-state index >= 15 is 0 Å².